The highest BCUT2D eigenvalue weighted by Gasteiger charge is 2.13. The molecule has 1 heterocycles. The molecule has 7 nitrogen and oxygen atoms in total. The van der Waals surface area contributed by atoms with Gasteiger partial charge in [-0.15, -0.1) is 0 Å². The number of carbonyl (C=O) groups is 2. The van der Waals surface area contributed by atoms with Crippen molar-refractivity contribution in [1.29, 1.82) is 0 Å². The van der Waals surface area contributed by atoms with Crippen LogP contribution in [-0.2, 0) is 9.71 Å². The molecule has 0 saturated carbocycles. The Hall–Kier alpha value is -4.16. The number of aryl methyl sites for hydroxylation is 1. The van der Waals surface area contributed by atoms with Crippen LogP contribution in [-0.4, -0.2) is 33.1 Å². The molecule has 0 saturated heterocycles. The normalized spacial score (nSPS) is 12.1. The zero-order valence-electron chi connectivity index (χ0n) is 17.9. The van der Waals surface area contributed by atoms with Gasteiger partial charge in [-0.3, -0.25) is 14.3 Å². The third-order valence-electron chi connectivity index (χ3n) is 4.32. The molecule has 0 spiro atoms. The number of hydrogen-bond donors (Lipinski definition) is 3. The maximum Gasteiger partial charge on any atom is 0.264 e. The monoisotopic (exact) mass is 464 g/mol. The fraction of sp³-hybridized carbons (Fsp3) is 0.0833. The van der Waals surface area contributed by atoms with Gasteiger partial charge in [0.1, 0.15) is 11.6 Å². The maximum absolute atomic E-state index is 14.0. The number of anilines is 2. The number of nitrogens with two attached hydrogens (primary N) is 1. The Morgan fingerprint density at radius 1 is 1.12 bits per heavy atom. The van der Waals surface area contributed by atoms with Crippen molar-refractivity contribution < 1.29 is 18.2 Å². The van der Waals surface area contributed by atoms with Crippen molar-refractivity contribution in [1.82, 2.24) is 9.71 Å². The summed E-state index contributed by atoms with van der Waals surface area (Å²) in [6.07, 6.45) is 2.55. The molecule has 0 fully saturated rings. The number of benzene rings is 2. The number of hydrogen-bond acceptors (Lipinski definition) is 5. The van der Waals surface area contributed by atoms with E-state index in [1.807, 2.05) is 0 Å². The lowest BCUT2D eigenvalue weighted by molar-refractivity contribution is 0.0980. The van der Waals surface area contributed by atoms with E-state index in [9.17, 15) is 18.2 Å². The van der Waals surface area contributed by atoms with E-state index in [1.54, 1.807) is 37.3 Å². The van der Waals surface area contributed by atoms with Crippen LogP contribution in [0.5, 0.6) is 0 Å². The second-order valence-corrected chi connectivity index (χ2v) is 9.58. The van der Waals surface area contributed by atoms with Gasteiger partial charge in [0.25, 0.3) is 11.8 Å². The van der Waals surface area contributed by atoms with Crippen molar-refractivity contribution in [2.75, 3.05) is 17.3 Å². The molecule has 0 radical (unpaired) electrons. The Bertz CT molecular complexity index is 1420. The van der Waals surface area contributed by atoms with Crippen LogP contribution in [0.15, 0.2) is 54.7 Å². The topological polar surface area (TPSA) is 114 Å². The van der Waals surface area contributed by atoms with E-state index < -0.39 is 27.3 Å². The lowest BCUT2D eigenvalue weighted by Crippen LogP contribution is -2.29. The number of carbonyl (C=O) groups excluding carboxylic acids is 2. The summed E-state index contributed by atoms with van der Waals surface area (Å²) in [7, 11) is -2.74. The van der Waals surface area contributed by atoms with Crippen molar-refractivity contribution in [3.63, 3.8) is 0 Å². The van der Waals surface area contributed by atoms with Gasteiger partial charge in [-0.05, 0) is 49.2 Å². The summed E-state index contributed by atoms with van der Waals surface area (Å²) in [5.74, 6) is 7.43. The Balaban J connectivity index is 1.82. The molecule has 1 atom stereocenters. The molecule has 0 aliphatic carbocycles. The van der Waals surface area contributed by atoms with Crippen LogP contribution in [0.4, 0.5) is 15.9 Å². The van der Waals surface area contributed by atoms with Crippen molar-refractivity contribution >= 4 is 38.9 Å². The summed E-state index contributed by atoms with van der Waals surface area (Å²) in [5, 5.41) is 2.65. The number of amides is 2. The van der Waals surface area contributed by atoms with Gasteiger partial charge in [-0.1, -0.05) is 29.5 Å². The average Bonchev–Trinajstić information content (AvgIpc) is 2.74. The molecule has 0 aliphatic heterocycles. The van der Waals surface area contributed by atoms with E-state index in [4.69, 9.17) is 5.73 Å². The fourth-order valence-electron chi connectivity index (χ4n) is 2.78. The second-order valence-electron chi connectivity index (χ2n) is 7.36. The van der Waals surface area contributed by atoms with Crippen LogP contribution in [0.25, 0.3) is 0 Å². The fourth-order valence-corrected chi connectivity index (χ4v) is 3.29. The Labute approximate surface area is 191 Å². The first-order chi connectivity index (χ1) is 15.5. The number of halogens is 1. The molecule has 168 valence electrons. The summed E-state index contributed by atoms with van der Waals surface area (Å²) in [4.78, 5) is 28.6. The highest BCUT2D eigenvalue weighted by atomic mass is 32.2. The van der Waals surface area contributed by atoms with Crippen molar-refractivity contribution in [3.8, 4) is 11.8 Å². The highest BCUT2D eigenvalue weighted by molar-refractivity contribution is 7.98. The molecule has 1 aromatic heterocycles. The molecular formula is C24H21FN4O3S. The first-order valence-electron chi connectivity index (χ1n) is 9.61. The second kappa shape index (κ2) is 9.54. The van der Waals surface area contributed by atoms with Gasteiger partial charge >= 0.3 is 0 Å². The highest BCUT2D eigenvalue weighted by Crippen LogP contribution is 2.16. The van der Waals surface area contributed by atoms with E-state index in [2.05, 4.69) is 32.7 Å². The van der Waals surface area contributed by atoms with Crippen molar-refractivity contribution in [2.45, 2.75) is 6.92 Å². The van der Waals surface area contributed by atoms with E-state index in [0.717, 1.165) is 5.56 Å². The molecule has 4 N–H and O–H groups in total. The molecule has 3 aromatic rings. The SMILES string of the molecule is C=S(C)(=O)NC(=O)c1cnc(N)c(C#Cc2cccc(NC(=O)c3cc(C)ccc3F)c2)c1. The van der Waals surface area contributed by atoms with Gasteiger partial charge in [-0.2, -0.15) is 0 Å². The zero-order valence-corrected chi connectivity index (χ0v) is 18.8. The van der Waals surface area contributed by atoms with E-state index in [-0.39, 0.29) is 16.9 Å². The predicted octanol–water partition coefficient (Wildman–Crippen LogP) is 2.75. The van der Waals surface area contributed by atoms with Crippen LogP contribution < -0.4 is 15.8 Å². The van der Waals surface area contributed by atoms with Gasteiger partial charge < -0.3 is 11.1 Å². The lowest BCUT2D eigenvalue weighted by Gasteiger charge is -2.07. The molecule has 3 rings (SSSR count). The summed E-state index contributed by atoms with van der Waals surface area (Å²) in [5.41, 5.74) is 7.97. The zero-order chi connectivity index (χ0) is 24.2. The summed E-state index contributed by atoms with van der Waals surface area (Å²) in [6, 6.07) is 12.4. The van der Waals surface area contributed by atoms with Crippen LogP contribution >= 0.6 is 0 Å². The van der Waals surface area contributed by atoms with Gasteiger partial charge in [0, 0.05) is 33.4 Å². The molecule has 33 heavy (non-hydrogen) atoms. The number of rotatable bonds is 4. The number of nitrogens with zero attached hydrogens (tertiary/aromatic N) is 1. The van der Waals surface area contributed by atoms with Gasteiger partial charge in [0.05, 0.1) is 16.7 Å². The third-order valence-corrected chi connectivity index (χ3v) is 4.93. The standard InChI is InChI=1S/C24H21FN4O3S/c1-15-7-10-21(25)20(11-15)24(31)28-19-6-4-5-16(12-19)8-9-17-13-18(14-27-22(17)26)23(30)29-33(2,3)32/h4-7,10-14H,2H2,1,3H3,(H2,26,27)(H,28,31)(H,29,30,32). The number of aromatic nitrogens is 1. The van der Waals surface area contributed by atoms with Gasteiger partial charge in [0.15, 0.2) is 0 Å². The van der Waals surface area contributed by atoms with E-state index in [1.165, 1.54) is 30.7 Å². The minimum atomic E-state index is -2.74. The van der Waals surface area contributed by atoms with Gasteiger partial charge in [-0.25, -0.2) is 13.6 Å². The molecule has 0 aliphatic rings. The average molecular weight is 465 g/mol. The molecule has 2 aromatic carbocycles. The number of pyridine rings is 1. The molecular weight excluding hydrogens is 443 g/mol. The van der Waals surface area contributed by atoms with Crippen molar-refractivity contribution in [3.05, 3.63) is 88.4 Å². The molecule has 2 amide bonds. The minimum Gasteiger partial charge on any atom is -0.383 e. The summed E-state index contributed by atoms with van der Waals surface area (Å²) in [6.45, 7) is 1.77. The van der Waals surface area contributed by atoms with Crippen LogP contribution in [0.2, 0.25) is 0 Å². The molecule has 0 bridgehead atoms. The summed E-state index contributed by atoms with van der Waals surface area (Å²) < 4.78 is 28.0. The van der Waals surface area contributed by atoms with Crippen molar-refractivity contribution in [2.24, 2.45) is 0 Å². The smallest absolute Gasteiger partial charge is 0.264 e. The summed E-state index contributed by atoms with van der Waals surface area (Å²) >= 11 is 0. The Kier molecular flexibility index (Phi) is 6.80. The molecule has 9 heteroatoms. The van der Waals surface area contributed by atoms with Crippen LogP contribution in [0.1, 0.15) is 37.4 Å². The number of nitrogen functional groups attached to an aromatic ring is 1. The first kappa shape index (κ1) is 23.5. The van der Waals surface area contributed by atoms with Gasteiger partial charge in [0.2, 0.25) is 0 Å². The maximum atomic E-state index is 14.0. The quantitative estimate of drug-likeness (QED) is 0.406. The van der Waals surface area contributed by atoms with E-state index in [0.29, 0.717) is 16.8 Å². The largest absolute Gasteiger partial charge is 0.383 e. The van der Waals surface area contributed by atoms with Crippen LogP contribution in [0, 0.1) is 24.6 Å². The lowest BCUT2D eigenvalue weighted by atomic mass is 10.1. The number of nitrogens with one attached hydrogen (secondary N) is 2. The van der Waals surface area contributed by atoms with E-state index >= 15 is 0 Å². The Morgan fingerprint density at radius 3 is 2.61 bits per heavy atom. The predicted molar refractivity (Wildman–Crippen MR) is 129 cm³/mol. The third kappa shape index (κ3) is 6.41. The van der Waals surface area contributed by atoms with Crippen LogP contribution in [0.3, 0.4) is 0 Å². The minimum absolute atomic E-state index is 0.0567. The molecule has 1 unspecified atom stereocenters. The first-order valence-corrected chi connectivity index (χ1v) is 11.7. The Morgan fingerprint density at radius 2 is 1.88 bits per heavy atom.